The Morgan fingerprint density at radius 1 is 1.19 bits per heavy atom. The average Bonchev–Trinajstić information content (AvgIpc) is 3.01. The first kappa shape index (κ1) is 10.2. The molecule has 0 amide bonds. The third-order valence-electron chi connectivity index (χ3n) is 3.07. The number of rotatable bonds is 2. The summed E-state index contributed by atoms with van der Waals surface area (Å²) in [5.41, 5.74) is 0.460. The van der Waals surface area contributed by atoms with Crippen LogP contribution in [0, 0.1) is 0 Å². The van der Waals surface area contributed by atoms with Gasteiger partial charge in [-0.2, -0.15) is 0 Å². The maximum absolute atomic E-state index is 9.92. The van der Waals surface area contributed by atoms with Crippen LogP contribution in [0.15, 0.2) is 12.1 Å². The Balaban J connectivity index is 1.98. The van der Waals surface area contributed by atoms with Gasteiger partial charge in [0, 0.05) is 12.0 Å². The minimum atomic E-state index is -0.525. The molecule has 0 radical (unpaired) electrons. The van der Waals surface area contributed by atoms with Crippen molar-refractivity contribution in [3.8, 4) is 11.5 Å². The molecule has 1 N–H and O–H groups in total. The van der Waals surface area contributed by atoms with Gasteiger partial charge in [0.05, 0.1) is 10.6 Å². The average molecular weight is 241 g/mol. The predicted molar refractivity (Wildman–Crippen MR) is 60.3 cm³/mol. The molecule has 1 heterocycles. The van der Waals surface area contributed by atoms with E-state index in [4.69, 9.17) is 21.1 Å². The van der Waals surface area contributed by atoms with E-state index in [9.17, 15) is 5.11 Å². The van der Waals surface area contributed by atoms with Crippen molar-refractivity contribution in [1.29, 1.82) is 0 Å². The molecule has 3 rings (SSSR count). The number of benzene rings is 1. The second-order valence-corrected chi connectivity index (χ2v) is 4.87. The lowest BCUT2D eigenvalue weighted by atomic mass is 10.0. The Labute approximate surface area is 98.9 Å². The molecule has 1 aromatic carbocycles. The van der Waals surface area contributed by atoms with Crippen molar-refractivity contribution in [2.75, 3.05) is 13.2 Å². The smallest absolute Gasteiger partial charge is 0.180 e. The summed E-state index contributed by atoms with van der Waals surface area (Å²) in [5.74, 6) is 1.33. The highest BCUT2D eigenvalue weighted by Crippen LogP contribution is 2.45. The molecule has 1 aliphatic carbocycles. The monoisotopic (exact) mass is 240 g/mol. The number of fused-ring (bicyclic) bond motifs is 1. The van der Waals surface area contributed by atoms with Crippen LogP contribution in [0.25, 0.3) is 0 Å². The Kier molecular flexibility index (Phi) is 2.26. The third kappa shape index (κ3) is 1.74. The fourth-order valence-corrected chi connectivity index (χ4v) is 2.18. The molecule has 0 unspecified atom stereocenters. The summed E-state index contributed by atoms with van der Waals surface area (Å²) < 4.78 is 11.1. The normalized spacial score (nSPS) is 20.6. The number of ether oxygens (including phenoxy) is 2. The molecule has 0 atom stereocenters. The van der Waals surface area contributed by atoms with Gasteiger partial charge in [-0.05, 0) is 18.9 Å². The van der Waals surface area contributed by atoms with Crippen molar-refractivity contribution in [3.05, 3.63) is 22.7 Å². The molecule has 1 aromatic rings. The van der Waals surface area contributed by atoms with Crippen molar-refractivity contribution in [2.24, 2.45) is 0 Å². The summed E-state index contributed by atoms with van der Waals surface area (Å²) in [7, 11) is 0. The van der Waals surface area contributed by atoms with Crippen LogP contribution in [0.2, 0.25) is 5.02 Å². The van der Waals surface area contributed by atoms with E-state index in [2.05, 4.69) is 0 Å². The fraction of sp³-hybridized carbons (Fsp3) is 0.500. The maximum atomic E-state index is 9.92. The standard InChI is InChI=1S/C12H13ClO3/c13-9-2-1-8(7-12(14)3-4-12)10-11(9)16-6-5-15-10/h1-2,14H,3-7H2. The highest BCUT2D eigenvalue weighted by molar-refractivity contribution is 6.32. The van der Waals surface area contributed by atoms with E-state index in [1.807, 2.05) is 6.07 Å². The van der Waals surface area contributed by atoms with Gasteiger partial charge in [-0.15, -0.1) is 0 Å². The van der Waals surface area contributed by atoms with Crippen molar-refractivity contribution < 1.29 is 14.6 Å². The first-order valence-corrected chi connectivity index (χ1v) is 5.85. The van der Waals surface area contributed by atoms with Crippen LogP contribution < -0.4 is 9.47 Å². The lowest BCUT2D eigenvalue weighted by Crippen LogP contribution is -2.19. The molecule has 86 valence electrons. The largest absolute Gasteiger partial charge is 0.486 e. The molecule has 0 saturated heterocycles. The van der Waals surface area contributed by atoms with E-state index >= 15 is 0 Å². The molecule has 2 aliphatic rings. The molecule has 1 aliphatic heterocycles. The number of hydrogen-bond donors (Lipinski definition) is 1. The summed E-state index contributed by atoms with van der Waals surface area (Å²) in [4.78, 5) is 0. The van der Waals surface area contributed by atoms with Crippen LogP contribution in [0.1, 0.15) is 18.4 Å². The van der Waals surface area contributed by atoms with Gasteiger partial charge >= 0.3 is 0 Å². The quantitative estimate of drug-likeness (QED) is 0.861. The zero-order chi connectivity index (χ0) is 11.2. The van der Waals surface area contributed by atoms with Crippen molar-refractivity contribution in [2.45, 2.75) is 24.9 Å². The molecule has 4 heteroatoms. The third-order valence-corrected chi connectivity index (χ3v) is 3.37. The second kappa shape index (κ2) is 3.54. The van der Waals surface area contributed by atoms with Crippen LogP contribution in [0.5, 0.6) is 11.5 Å². The van der Waals surface area contributed by atoms with E-state index in [0.717, 1.165) is 18.4 Å². The molecular formula is C12H13ClO3. The molecular weight excluding hydrogens is 228 g/mol. The maximum Gasteiger partial charge on any atom is 0.180 e. The fourth-order valence-electron chi connectivity index (χ4n) is 1.97. The molecule has 1 fully saturated rings. The van der Waals surface area contributed by atoms with E-state index in [1.54, 1.807) is 6.07 Å². The summed E-state index contributed by atoms with van der Waals surface area (Å²) in [6.07, 6.45) is 2.35. The van der Waals surface area contributed by atoms with E-state index in [-0.39, 0.29) is 0 Å². The van der Waals surface area contributed by atoms with Crippen LogP contribution in [0.3, 0.4) is 0 Å². The van der Waals surface area contributed by atoms with Gasteiger partial charge in [-0.3, -0.25) is 0 Å². The van der Waals surface area contributed by atoms with E-state index in [0.29, 0.717) is 36.2 Å². The molecule has 1 saturated carbocycles. The van der Waals surface area contributed by atoms with Gasteiger partial charge in [0.1, 0.15) is 13.2 Å². The van der Waals surface area contributed by atoms with Gasteiger partial charge in [0.25, 0.3) is 0 Å². The first-order chi connectivity index (χ1) is 7.68. The van der Waals surface area contributed by atoms with E-state index in [1.165, 1.54) is 0 Å². The Morgan fingerprint density at radius 2 is 1.88 bits per heavy atom. The topological polar surface area (TPSA) is 38.7 Å². The van der Waals surface area contributed by atoms with Crippen LogP contribution in [-0.4, -0.2) is 23.9 Å². The number of halogens is 1. The summed E-state index contributed by atoms with van der Waals surface area (Å²) in [5, 5.41) is 10.5. The van der Waals surface area contributed by atoms with Crippen LogP contribution in [0.4, 0.5) is 0 Å². The zero-order valence-electron chi connectivity index (χ0n) is 8.83. The lowest BCUT2D eigenvalue weighted by Gasteiger charge is -2.22. The SMILES string of the molecule is OC1(Cc2ccc(Cl)c3c2OCCO3)CC1. The van der Waals surface area contributed by atoms with Crippen molar-refractivity contribution >= 4 is 11.6 Å². The molecule has 16 heavy (non-hydrogen) atoms. The van der Waals surface area contributed by atoms with Gasteiger partial charge in [0.15, 0.2) is 11.5 Å². The molecule has 0 spiro atoms. The summed E-state index contributed by atoms with van der Waals surface area (Å²) in [6.45, 7) is 1.07. The number of hydrogen-bond acceptors (Lipinski definition) is 3. The van der Waals surface area contributed by atoms with Crippen LogP contribution >= 0.6 is 11.6 Å². The van der Waals surface area contributed by atoms with Crippen LogP contribution in [-0.2, 0) is 6.42 Å². The van der Waals surface area contributed by atoms with Gasteiger partial charge < -0.3 is 14.6 Å². The predicted octanol–water partition coefficient (Wildman–Crippen LogP) is 2.18. The van der Waals surface area contributed by atoms with Crippen molar-refractivity contribution in [1.82, 2.24) is 0 Å². The van der Waals surface area contributed by atoms with Crippen molar-refractivity contribution in [3.63, 3.8) is 0 Å². The number of aliphatic hydroxyl groups is 1. The first-order valence-electron chi connectivity index (χ1n) is 5.47. The second-order valence-electron chi connectivity index (χ2n) is 4.46. The van der Waals surface area contributed by atoms with Gasteiger partial charge in [-0.25, -0.2) is 0 Å². The zero-order valence-corrected chi connectivity index (χ0v) is 9.59. The molecule has 0 aromatic heterocycles. The highest BCUT2D eigenvalue weighted by Gasteiger charge is 2.41. The molecule has 0 bridgehead atoms. The lowest BCUT2D eigenvalue weighted by molar-refractivity contribution is 0.143. The Hall–Kier alpha value is -0.930. The highest BCUT2D eigenvalue weighted by atomic mass is 35.5. The minimum Gasteiger partial charge on any atom is -0.486 e. The Morgan fingerprint density at radius 3 is 2.56 bits per heavy atom. The summed E-state index contributed by atoms with van der Waals surface area (Å²) >= 11 is 6.03. The molecule has 3 nitrogen and oxygen atoms in total. The van der Waals surface area contributed by atoms with Gasteiger partial charge in [0.2, 0.25) is 0 Å². The minimum absolute atomic E-state index is 0.525. The Bertz CT molecular complexity index is 427. The van der Waals surface area contributed by atoms with E-state index < -0.39 is 5.60 Å². The van der Waals surface area contributed by atoms with Gasteiger partial charge in [-0.1, -0.05) is 17.7 Å². The summed E-state index contributed by atoms with van der Waals surface area (Å²) in [6, 6.07) is 3.71.